The van der Waals surface area contributed by atoms with Crippen LogP contribution in [0.25, 0.3) is 0 Å². The Morgan fingerprint density at radius 3 is 2.37 bits per heavy atom. The molecule has 1 amide bonds. The predicted octanol–water partition coefficient (Wildman–Crippen LogP) is 0.763. The fourth-order valence-corrected chi connectivity index (χ4v) is 3.67. The zero-order valence-corrected chi connectivity index (χ0v) is 17.5. The van der Waals surface area contributed by atoms with Crippen molar-refractivity contribution in [2.75, 3.05) is 33.4 Å². The van der Waals surface area contributed by atoms with Gasteiger partial charge in [0.1, 0.15) is 24.7 Å². The Labute approximate surface area is 176 Å². The van der Waals surface area contributed by atoms with Crippen LogP contribution in [0.2, 0.25) is 0 Å². The van der Waals surface area contributed by atoms with Crippen molar-refractivity contribution in [1.29, 1.82) is 0 Å². The monoisotopic (exact) mass is 413 g/mol. The summed E-state index contributed by atoms with van der Waals surface area (Å²) in [6.45, 7) is 4.12. The van der Waals surface area contributed by atoms with E-state index in [0.717, 1.165) is 22.0 Å². The van der Waals surface area contributed by atoms with Gasteiger partial charge in [-0.05, 0) is 36.8 Å². The van der Waals surface area contributed by atoms with E-state index in [1.165, 1.54) is 12.7 Å². The van der Waals surface area contributed by atoms with Gasteiger partial charge in [0.05, 0.1) is 20.3 Å². The van der Waals surface area contributed by atoms with Crippen LogP contribution in [-0.2, 0) is 27.3 Å². The van der Waals surface area contributed by atoms with Crippen molar-refractivity contribution in [2.24, 2.45) is 0 Å². The molecule has 1 aliphatic heterocycles. The van der Waals surface area contributed by atoms with E-state index >= 15 is 0 Å². The molecule has 2 aromatic carbocycles. The molecule has 1 aliphatic rings. The molecule has 160 valence electrons. The van der Waals surface area contributed by atoms with Crippen LogP contribution in [0.4, 0.5) is 0 Å². The summed E-state index contributed by atoms with van der Waals surface area (Å²) < 4.78 is 16.0. The second-order valence-corrected chi connectivity index (χ2v) is 7.16. The molecule has 0 saturated heterocycles. The maximum atomic E-state index is 12.5. The number of quaternary nitrogens is 1. The summed E-state index contributed by atoms with van der Waals surface area (Å²) in [5.74, 6) is 1.11. The van der Waals surface area contributed by atoms with Crippen LogP contribution < -0.4 is 19.7 Å². The zero-order valence-electron chi connectivity index (χ0n) is 17.5. The van der Waals surface area contributed by atoms with E-state index in [-0.39, 0.29) is 24.5 Å². The Hall–Kier alpha value is -3.06. The van der Waals surface area contributed by atoms with E-state index in [1.54, 1.807) is 0 Å². The van der Waals surface area contributed by atoms with Crippen LogP contribution in [0.15, 0.2) is 48.5 Å². The zero-order chi connectivity index (χ0) is 21.3. The molecule has 30 heavy (non-hydrogen) atoms. The highest BCUT2D eigenvalue weighted by molar-refractivity contribution is 5.78. The van der Waals surface area contributed by atoms with Gasteiger partial charge in [-0.15, -0.1) is 0 Å². The number of carbonyl (C=O) groups excluding carboxylic acids is 2. The molecule has 0 saturated carbocycles. The van der Waals surface area contributed by atoms with Gasteiger partial charge < -0.3 is 24.4 Å². The molecule has 0 spiro atoms. The predicted molar refractivity (Wildman–Crippen MR) is 112 cm³/mol. The lowest BCUT2D eigenvalue weighted by Crippen LogP contribution is -3.17. The molecule has 2 N–H and O–H groups in total. The minimum absolute atomic E-state index is 0.117. The maximum absolute atomic E-state index is 12.5. The number of fused-ring (bicyclic) bond motifs is 1. The van der Waals surface area contributed by atoms with E-state index in [1.807, 2.05) is 55.5 Å². The molecule has 7 nitrogen and oxygen atoms in total. The normalized spacial score (nSPS) is 17.5. The van der Waals surface area contributed by atoms with Gasteiger partial charge >= 0.3 is 5.97 Å². The third-order valence-electron chi connectivity index (χ3n) is 5.15. The molecule has 2 aromatic rings. The van der Waals surface area contributed by atoms with E-state index in [4.69, 9.17) is 14.2 Å². The lowest BCUT2D eigenvalue weighted by atomic mass is 9.94. The highest BCUT2D eigenvalue weighted by atomic mass is 16.5. The van der Waals surface area contributed by atoms with Crippen molar-refractivity contribution in [3.05, 3.63) is 59.7 Å². The van der Waals surface area contributed by atoms with E-state index < -0.39 is 0 Å². The molecule has 1 unspecified atom stereocenters. The average molecular weight is 413 g/mol. The number of esters is 1. The molecule has 2 atom stereocenters. The van der Waals surface area contributed by atoms with Crippen molar-refractivity contribution >= 4 is 11.9 Å². The molecule has 0 bridgehead atoms. The number of ether oxygens (including phenoxy) is 3. The molecular weight excluding hydrogens is 384 g/mol. The van der Waals surface area contributed by atoms with Gasteiger partial charge in [-0.25, -0.2) is 4.79 Å². The average Bonchev–Trinajstić information content (AvgIpc) is 2.77. The Morgan fingerprint density at radius 2 is 1.70 bits per heavy atom. The molecule has 3 rings (SSSR count). The fraction of sp³-hybridized carbons (Fsp3) is 0.391. The third-order valence-corrected chi connectivity index (χ3v) is 5.15. The summed E-state index contributed by atoms with van der Waals surface area (Å²) in [5, 5.41) is 2.87. The molecule has 7 heteroatoms. The Balaban J connectivity index is 1.47. The fourth-order valence-electron chi connectivity index (χ4n) is 3.67. The highest BCUT2D eigenvalue weighted by Crippen LogP contribution is 2.17. The van der Waals surface area contributed by atoms with Gasteiger partial charge in [0.2, 0.25) is 0 Å². The summed E-state index contributed by atoms with van der Waals surface area (Å²) in [6, 6.07) is 15.0. The molecule has 0 radical (unpaired) electrons. The molecule has 0 fully saturated rings. The summed E-state index contributed by atoms with van der Waals surface area (Å²) in [5.41, 5.74) is 2.31. The number of hydrogen-bond acceptors (Lipinski definition) is 5. The first-order valence-electron chi connectivity index (χ1n) is 10.2. The van der Waals surface area contributed by atoms with Crippen LogP contribution in [0.3, 0.4) is 0 Å². The van der Waals surface area contributed by atoms with Gasteiger partial charge in [0.25, 0.3) is 5.91 Å². The van der Waals surface area contributed by atoms with Gasteiger partial charge in [0.15, 0.2) is 12.6 Å². The first kappa shape index (κ1) is 21.6. The lowest BCUT2D eigenvalue weighted by molar-refractivity contribution is -0.924. The first-order chi connectivity index (χ1) is 14.6. The largest absolute Gasteiger partial charge is 0.494 e. The van der Waals surface area contributed by atoms with Crippen LogP contribution in [0.1, 0.15) is 18.1 Å². The van der Waals surface area contributed by atoms with Crippen molar-refractivity contribution < 1.29 is 28.7 Å². The molecule has 0 aliphatic carbocycles. The SMILES string of the molecule is CCOc1ccc(OCCNC(=O)C[NH+]2Cc3ccccc3C[C@H]2C(=O)OC)cc1. The van der Waals surface area contributed by atoms with Crippen LogP contribution in [0.5, 0.6) is 11.5 Å². The van der Waals surface area contributed by atoms with Crippen LogP contribution >= 0.6 is 0 Å². The minimum atomic E-state index is -0.379. The summed E-state index contributed by atoms with van der Waals surface area (Å²) >= 11 is 0. The topological polar surface area (TPSA) is 78.3 Å². The highest BCUT2D eigenvalue weighted by Gasteiger charge is 2.36. The molecule has 1 heterocycles. The smallest absolute Gasteiger partial charge is 0.365 e. The van der Waals surface area contributed by atoms with Crippen molar-refractivity contribution in [1.82, 2.24) is 5.32 Å². The quantitative estimate of drug-likeness (QED) is 0.469. The second-order valence-electron chi connectivity index (χ2n) is 7.16. The van der Waals surface area contributed by atoms with Gasteiger partial charge in [0, 0.05) is 12.0 Å². The number of hydrogen-bond donors (Lipinski definition) is 2. The summed E-state index contributed by atoms with van der Waals surface area (Å²) in [7, 11) is 1.39. The number of benzene rings is 2. The second kappa shape index (κ2) is 10.6. The summed E-state index contributed by atoms with van der Waals surface area (Å²) in [4.78, 5) is 25.6. The lowest BCUT2D eigenvalue weighted by Gasteiger charge is -2.31. The Bertz CT molecular complexity index is 853. The Morgan fingerprint density at radius 1 is 1.03 bits per heavy atom. The standard InChI is InChI=1S/C23H28N2O5/c1-3-29-19-8-10-20(11-9-19)30-13-12-24-22(26)16-25-15-18-7-5-4-6-17(18)14-21(25)23(27)28-2/h4-11,21H,3,12-16H2,1-2H3,(H,24,26)/p+1/t21-/m0/s1. The third kappa shape index (κ3) is 5.73. The first-order valence-corrected chi connectivity index (χ1v) is 10.2. The van der Waals surface area contributed by atoms with Crippen LogP contribution in [-0.4, -0.2) is 51.3 Å². The molecule has 0 aromatic heterocycles. The van der Waals surface area contributed by atoms with E-state index in [0.29, 0.717) is 32.7 Å². The molecular formula is C23H29N2O5+. The van der Waals surface area contributed by atoms with Gasteiger partial charge in [-0.1, -0.05) is 24.3 Å². The van der Waals surface area contributed by atoms with Crippen molar-refractivity contribution in [3.8, 4) is 11.5 Å². The number of methoxy groups -OCH3 is 1. The van der Waals surface area contributed by atoms with Gasteiger partial charge in [-0.2, -0.15) is 0 Å². The Kier molecular flexibility index (Phi) is 7.68. The minimum Gasteiger partial charge on any atom is -0.494 e. The maximum Gasteiger partial charge on any atom is 0.365 e. The summed E-state index contributed by atoms with van der Waals surface area (Å²) in [6.07, 6.45) is 0.576. The number of nitrogens with one attached hydrogen (secondary N) is 2. The van der Waals surface area contributed by atoms with Gasteiger partial charge in [-0.3, -0.25) is 4.79 Å². The number of carbonyl (C=O) groups is 2. The number of amides is 1. The van der Waals surface area contributed by atoms with E-state index in [9.17, 15) is 9.59 Å². The number of rotatable bonds is 9. The van der Waals surface area contributed by atoms with E-state index in [2.05, 4.69) is 5.32 Å². The van der Waals surface area contributed by atoms with Crippen molar-refractivity contribution in [3.63, 3.8) is 0 Å². The van der Waals surface area contributed by atoms with Crippen LogP contribution in [0, 0.1) is 0 Å². The van der Waals surface area contributed by atoms with Crippen molar-refractivity contribution in [2.45, 2.75) is 25.9 Å².